The van der Waals surface area contributed by atoms with Crippen LogP contribution in [0.4, 0.5) is 18.9 Å². The number of anilines is 1. The summed E-state index contributed by atoms with van der Waals surface area (Å²) in [5.74, 6) is 0. The highest BCUT2D eigenvalue weighted by molar-refractivity contribution is 7.89. The minimum absolute atomic E-state index is 0.128. The van der Waals surface area contributed by atoms with Crippen LogP contribution in [0.15, 0.2) is 47.4 Å². The molecule has 0 radical (unpaired) electrons. The molecule has 0 unspecified atom stereocenters. The van der Waals surface area contributed by atoms with Gasteiger partial charge in [0.2, 0.25) is 10.0 Å². The summed E-state index contributed by atoms with van der Waals surface area (Å²) >= 11 is 0. The molecule has 0 aromatic heterocycles. The molecule has 5 nitrogen and oxygen atoms in total. The van der Waals surface area contributed by atoms with Gasteiger partial charge >= 0.3 is 6.18 Å². The quantitative estimate of drug-likeness (QED) is 0.844. The van der Waals surface area contributed by atoms with Crippen LogP contribution in [0.25, 0.3) is 0 Å². The van der Waals surface area contributed by atoms with Crippen LogP contribution in [-0.4, -0.2) is 38.9 Å². The average molecular weight is 411 g/mol. The molecule has 150 valence electrons. The Morgan fingerprint density at radius 1 is 0.929 bits per heavy atom. The fourth-order valence-corrected chi connectivity index (χ4v) is 5.10. The summed E-state index contributed by atoms with van der Waals surface area (Å²) in [6.45, 7) is 3.89. The molecule has 2 aliphatic heterocycles. The first kappa shape index (κ1) is 19.2. The molecule has 1 fully saturated rings. The van der Waals surface area contributed by atoms with Crippen molar-refractivity contribution < 1.29 is 21.6 Å². The molecule has 2 aromatic rings. The molecular formula is C19H20F3N3O2S. The number of alkyl halides is 3. The Balaban J connectivity index is 1.60. The molecule has 1 saturated heterocycles. The standard InChI is InChI=1S/C19H20F3N3O2S/c20-19(21,22)15-4-6-16(7-5-15)28(26,27)25-12-14-2-1-3-18(17(14)13-25)24-10-8-23-9-11-24/h1-7,23H,8-13H2. The van der Waals surface area contributed by atoms with Crippen molar-refractivity contribution in [2.75, 3.05) is 31.1 Å². The molecule has 2 aliphatic rings. The van der Waals surface area contributed by atoms with E-state index < -0.39 is 21.8 Å². The zero-order chi connectivity index (χ0) is 19.9. The van der Waals surface area contributed by atoms with E-state index in [-0.39, 0.29) is 18.0 Å². The summed E-state index contributed by atoms with van der Waals surface area (Å²) in [7, 11) is -3.88. The Morgan fingerprint density at radius 2 is 1.61 bits per heavy atom. The summed E-state index contributed by atoms with van der Waals surface area (Å²) in [4.78, 5) is 2.11. The summed E-state index contributed by atoms with van der Waals surface area (Å²) in [6, 6.07) is 9.49. The van der Waals surface area contributed by atoms with Gasteiger partial charge in [-0.3, -0.25) is 0 Å². The van der Waals surface area contributed by atoms with Crippen LogP contribution in [-0.2, 0) is 29.3 Å². The molecule has 0 amide bonds. The Kier molecular flexibility index (Phi) is 4.84. The number of sulfonamides is 1. The SMILES string of the molecule is O=S(=O)(c1ccc(C(F)(F)F)cc1)N1Cc2cccc(N3CCNCC3)c2C1. The molecule has 1 N–H and O–H groups in total. The van der Waals surface area contributed by atoms with Crippen molar-refractivity contribution >= 4 is 15.7 Å². The lowest BCUT2D eigenvalue weighted by atomic mass is 10.1. The van der Waals surface area contributed by atoms with Crippen LogP contribution < -0.4 is 10.2 Å². The van der Waals surface area contributed by atoms with E-state index in [1.807, 2.05) is 18.2 Å². The van der Waals surface area contributed by atoms with Gasteiger partial charge in [0.15, 0.2) is 0 Å². The van der Waals surface area contributed by atoms with Gasteiger partial charge in [-0.2, -0.15) is 17.5 Å². The second kappa shape index (κ2) is 7.06. The highest BCUT2D eigenvalue weighted by atomic mass is 32.2. The van der Waals surface area contributed by atoms with Crippen molar-refractivity contribution in [3.63, 3.8) is 0 Å². The minimum Gasteiger partial charge on any atom is -0.369 e. The Labute approximate surface area is 161 Å². The zero-order valence-corrected chi connectivity index (χ0v) is 15.9. The number of piperazine rings is 1. The molecule has 0 aliphatic carbocycles. The van der Waals surface area contributed by atoms with E-state index in [9.17, 15) is 21.6 Å². The second-order valence-corrected chi connectivity index (χ2v) is 8.89. The molecular weight excluding hydrogens is 391 g/mol. The number of fused-ring (bicyclic) bond motifs is 1. The normalized spacial score (nSPS) is 18.3. The van der Waals surface area contributed by atoms with Crippen LogP contribution in [0.5, 0.6) is 0 Å². The first-order valence-corrected chi connectivity index (χ1v) is 10.4. The maximum atomic E-state index is 13.0. The van der Waals surface area contributed by atoms with Crippen LogP contribution >= 0.6 is 0 Å². The van der Waals surface area contributed by atoms with Crippen molar-refractivity contribution in [1.29, 1.82) is 0 Å². The van der Waals surface area contributed by atoms with Crippen molar-refractivity contribution in [2.24, 2.45) is 0 Å². The lowest BCUT2D eigenvalue weighted by Crippen LogP contribution is -2.43. The smallest absolute Gasteiger partial charge is 0.369 e. The Bertz CT molecular complexity index is 969. The summed E-state index contributed by atoms with van der Waals surface area (Å²) < 4.78 is 65.5. The molecule has 0 bridgehead atoms. The van der Waals surface area contributed by atoms with Crippen molar-refractivity contribution in [3.05, 3.63) is 59.2 Å². The van der Waals surface area contributed by atoms with Crippen LogP contribution in [0.1, 0.15) is 16.7 Å². The average Bonchev–Trinajstić information content (AvgIpc) is 3.13. The maximum Gasteiger partial charge on any atom is 0.416 e. The van der Waals surface area contributed by atoms with Crippen molar-refractivity contribution in [2.45, 2.75) is 24.2 Å². The molecule has 2 aromatic carbocycles. The number of hydrogen-bond acceptors (Lipinski definition) is 4. The Morgan fingerprint density at radius 3 is 2.25 bits per heavy atom. The van der Waals surface area contributed by atoms with E-state index in [2.05, 4.69) is 10.2 Å². The number of rotatable bonds is 3. The Hall–Kier alpha value is -2.10. The summed E-state index contributed by atoms with van der Waals surface area (Å²) in [5.41, 5.74) is 2.08. The highest BCUT2D eigenvalue weighted by Gasteiger charge is 2.34. The maximum absolute atomic E-state index is 13.0. The topological polar surface area (TPSA) is 52.7 Å². The van der Waals surface area contributed by atoms with Crippen LogP contribution in [0.2, 0.25) is 0 Å². The largest absolute Gasteiger partial charge is 0.416 e. The third kappa shape index (κ3) is 3.49. The van der Waals surface area contributed by atoms with Crippen LogP contribution in [0, 0.1) is 0 Å². The van der Waals surface area contributed by atoms with E-state index in [0.29, 0.717) is 0 Å². The lowest BCUT2D eigenvalue weighted by Gasteiger charge is -2.31. The van der Waals surface area contributed by atoms with Crippen molar-refractivity contribution in [1.82, 2.24) is 9.62 Å². The number of nitrogens with one attached hydrogen (secondary N) is 1. The van der Waals surface area contributed by atoms with Gasteiger partial charge in [-0.1, -0.05) is 12.1 Å². The molecule has 0 saturated carbocycles. The van der Waals surface area contributed by atoms with E-state index in [0.717, 1.165) is 67.3 Å². The van der Waals surface area contributed by atoms with Gasteiger partial charge in [0.1, 0.15) is 0 Å². The van der Waals surface area contributed by atoms with Gasteiger partial charge in [-0.05, 0) is 41.5 Å². The number of benzene rings is 2. The first-order valence-electron chi connectivity index (χ1n) is 9.01. The molecule has 0 atom stereocenters. The van der Waals surface area contributed by atoms with Gasteiger partial charge in [0, 0.05) is 45.0 Å². The predicted molar refractivity (Wildman–Crippen MR) is 99.4 cm³/mol. The van der Waals surface area contributed by atoms with Crippen LogP contribution in [0.3, 0.4) is 0 Å². The summed E-state index contributed by atoms with van der Waals surface area (Å²) in [6.07, 6.45) is -4.50. The van der Waals surface area contributed by atoms with Gasteiger partial charge in [0.25, 0.3) is 0 Å². The predicted octanol–water partition coefficient (Wildman–Crippen LogP) is 2.82. The van der Waals surface area contributed by atoms with Crippen molar-refractivity contribution in [3.8, 4) is 0 Å². The molecule has 28 heavy (non-hydrogen) atoms. The zero-order valence-electron chi connectivity index (χ0n) is 15.0. The fraction of sp³-hybridized carbons (Fsp3) is 0.368. The highest BCUT2D eigenvalue weighted by Crippen LogP contribution is 2.36. The number of hydrogen-bond donors (Lipinski definition) is 1. The number of halogens is 3. The van der Waals surface area contributed by atoms with E-state index in [1.165, 1.54) is 4.31 Å². The molecule has 0 spiro atoms. The fourth-order valence-electron chi connectivity index (χ4n) is 3.71. The minimum atomic E-state index is -4.50. The third-order valence-electron chi connectivity index (χ3n) is 5.21. The van der Waals surface area contributed by atoms with Gasteiger partial charge in [-0.25, -0.2) is 8.42 Å². The van der Waals surface area contributed by atoms with E-state index in [4.69, 9.17) is 0 Å². The van der Waals surface area contributed by atoms with E-state index in [1.54, 1.807) is 0 Å². The first-order chi connectivity index (χ1) is 13.3. The monoisotopic (exact) mass is 411 g/mol. The molecule has 2 heterocycles. The lowest BCUT2D eigenvalue weighted by molar-refractivity contribution is -0.137. The molecule has 9 heteroatoms. The summed E-state index contributed by atoms with van der Waals surface area (Å²) in [5, 5.41) is 3.29. The van der Waals surface area contributed by atoms with E-state index >= 15 is 0 Å². The number of nitrogens with zero attached hydrogens (tertiary/aromatic N) is 2. The van der Waals surface area contributed by atoms with Gasteiger partial charge in [0.05, 0.1) is 10.5 Å². The van der Waals surface area contributed by atoms with Gasteiger partial charge in [-0.15, -0.1) is 0 Å². The molecule has 4 rings (SSSR count). The second-order valence-electron chi connectivity index (χ2n) is 6.95. The third-order valence-corrected chi connectivity index (χ3v) is 7.01. The van der Waals surface area contributed by atoms with Gasteiger partial charge < -0.3 is 10.2 Å².